The average Bonchev–Trinajstić information content (AvgIpc) is 2.65. The highest BCUT2D eigenvalue weighted by Crippen LogP contribution is 2.19. The molecule has 2 amide bonds. The molecule has 0 spiro atoms. The number of rotatable bonds is 7. The molecule has 30 heavy (non-hydrogen) atoms. The number of alkyl carbamates (subject to hydrolysis) is 1. The van der Waals surface area contributed by atoms with E-state index in [0.717, 1.165) is 11.3 Å². The van der Waals surface area contributed by atoms with E-state index in [9.17, 15) is 9.59 Å². The quantitative estimate of drug-likeness (QED) is 0.672. The van der Waals surface area contributed by atoms with Gasteiger partial charge in [0.2, 0.25) is 0 Å². The fourth-order valence-electron chi connectivity index (χ4n) is 2.84. The largest absolute Gasteiger partial charge is 0.491 e. The Bertz CT molecular complexity index is 854. The molecule has 0 aliphatic heterocycles. The SMILES string of the molecule is CC(C)Oc1ccc([C@@H](C)NC(=O)c2ccccc2CNC(=O)OC(C)(C)C)cc1. The first-order valence-corrected chi connectivity index (χ1v) is 10.2. The summed E-state index contributed by atoms with van der Waals surface area (Å²) >= 11 is 0. The van der Waals surface area contributed by atoms with Gasteiger partial charge >= 0.3 is 6.09 Å². The smallest absolute Gasteiger partial charge is 0.407 e. The number of hydrogen-bond acceptors (Lipinski definition) is 4. The molecule has 6 nitrogen and oxygen atoms in total. The number of amides is 2. The number of ether oxygens (including phenoxy) is 2. The van der Waals surface area contributed by atoms with Gasteiger partial charge in [-0.15, -0.1) is 0 Å². The Hall–Kier alpha value is -3.02. The summed E-state index contributed by atoms with van der Waals surface area (Å²) < 4.78 is 10.9. The summed E-state index contributed by atoms with van der Waals surface area (Å²) in [6.07, 6.45) is -0.409. The van der Waals surface area contributed by atoms with Crippen LogP contribution in [0.4, 0.5) is 4.79 Å². The van der Waals surface area contributed by atoms with Gasteiger partial charge in [-0.1, -0.05) is 30.3 Å². The molecule has 1 atom stereocenters. The van der Waals surface area contributed by atoms with Crippen LogP contribution in [0.2, 0.25) is 0 Å². The molecule has 2 aromatic rings. The van der Waals surface area contributed by atoms with Crippen LogP contribution in [0.25, 0.3) is 0 Å². The molecule has 2 aromatic carbocycles. The summed E-state index contributed by atoms with van der Waals surface area (Å²) in [4.78, 5) is 24.8. The molecule has 0 heterocycles. The van der Waals surface area contributed by atoms with Gasteiger partial charge in [-0.25, -0.2) is 4.79 Å². The molecular formula is C24H32N2O4. The van der Waals surface area contributed by atoms with Crippen LogP contribution in [0.15, 0.2) is 48.5 Å². The van der Waals surface area contributed by atoms with Crippen LogP contribution in [0.3, 0.4) is 0 Å². The molecule has 162 valence electrons. The number of carbonyl (C=O) groups excluding carboxylic acids is 2. The highest BCUT2D eigenvalue weighted by molar-refractivity contribution is 5.96. The summed E-state index contributed by atoms with van der Waals surface area (Å²) in [5.74, 6) is 0.595. The second-order valence-corrected chi connectivity index (χ2v) is 8.44. The second-order valence-electron chi connectivity index (χ2n) is 8.44. The summed E-state index contributed by atoms with van der Waals surface area (Å²) in [7, 11) is 0. The van der Waals surface area contributed by atoms with Gasteiger partial charge in [-0.2, -0.15) is 0 Å². The van der Waals surface area contributed by atoms with Crippen molar-refractivity contribution in [3.05, 3.63) is 65.2 Å². The Labute approximate surface area is 179 Å². The molecule has 2 rings (SSSR count). The standard InChI is InChI=1S/C24H32N2O4/c1-16(2)29-20-13-11-18(12-14-20)17(3)26-22(27)21-10-8-7-9-19(21)15-25-23(28)30-24(4,5)6/h7-14,16-17H,15H2,1-6H3,(H,25,28)(H,26,27)/t17-/m1/s1. The molecule has 0 aromatic heterocycles. The van der Waals surface area contributed by atoms with Crippen molar-refractivity contribution in [3.63, 3.8) is 0 Å². The third-order valence-electron chi connectivity index (χ3n) is 4.18. The highest BCUT2D eigenvalue weighted by Gasteiger charge is 2.18. The topological polar surface area (TPSA) is 76.7 Å². The maximum Gasteiger partial charge on any atom is 0.407 e. The van der Waals surface area contributed by atoms with Crippen molar-refractivity contribution >= 4 is 12.0 Å². The van der Waals surface area contributed by atoms with Crippen molar-refractivity contribution in [1.82, 2.24) is 10.6 Å². The van der Waals surface area contributed by atoms with E-state index in [0.29, 0.717) is 11.1 Å². The summed E-state index contributed by atoms with van der Waals surface area (Å²) in [5, 5.41) is 5.72. The van der Waals surface area contributed by atoms with Crippen LogP contribution in [-0.2, 0) is 11.3 Å². The molecule has 0 unspecified atom stereocenters. The van der Waals surface area contributed by atoms with E-state index >= 15 is 0 Å². The average molecular weight is 413 g/mol. The second kappa shape index (κ2) is 10.1. The zero-order chi connectivity index (χ0) is 22.3. The van der Waals surface area contributed by atoms with Gasteiger partial charge < -0.3 is 20.1 Å². The van der Waals surface area contributed by atoms with Crippen LogP contribution in [-0.4, -0.2) is 23.7 Å². The monoisotopic (exact) mass is 412 g/mol. The Kier molecular flexibility index (Phi) is 7.86. The van der Waals surface area contributed by atoms with E-state index in [-0.39, 0.29) is 24.6 Å². The van der Waals surface area contributed by atoms with Crippen molar-refractivity contribution < 1.29 is 19.1 Å². The van der Waals surface area contributed by atoms with Gasteiger partial charge in [0.25, 0.3) is 5.91 Å². The third kappa shape index (κ3) is 7.43. The predicted molar refractivity (Wildman–Crippen MR) is 118 cm³/mol. The molecular weight excluding hydrogens is 380 g/mol. The minimum atomic E-state index is -0.577. The fourth-order valence-corrected chi connectivity index (χ4v) is 2.84. The molecule has 0 fully saturated rings. The van der Waals surface area contributed by atoms with E-state index in [1.54, 1.807) is 32.9 Å². The lowest BCUT2D eigenvalue weighted by Gasteiger charge is -2.20. The van der Waals surface area contributed by atoms with Crippen molar-refractivity contribution in [2.45, 2.75) is 65.8 Å². The molecule has 0 bridgehead atoms. The van der Waals surface area contributed by atoms with Crippen LogP contribution in [0, 0.1) is 0 Å². The van der Waals surface area contributed by atoms with Gasteiger partial charge in [-0.3, -0.25) is 4.79 Å². The van der Waals surface area contributed by atoms with Crippen molar-refractivity contribution in [2.24, 2.45) is 0 Å². The zero-order valence-electron chi connectivity index (χ0n) is 18.6. The van der Waals surface area contributed by atoms with E-state index in [1.165, 1.54) is 0 Å². The first-order valence-electron chi connectivity index (χ1n) is 10.2. The van der Waals surface area contributed by atoms with Crippen LogP contribution in [0.5, 0.6) is 5.75 Å². The number of hydrogen-bond donors (Lipinski definition) is 2. The maximum absolute atomic E-state index is 12.9. The highest BCUT2D eigenvalue weighted by atomic mass is 16.6. The Morgan fingerprint density at radius 1 is 0.967 bits per heavy atom. The fraction of sp³-hybridized carbons (Fsp3) is 0.417. The lowest BCUT2D eigenvalue weighted by molar-refractivity contribution is 0.0522. The minimum absolute atomic E-state index is 0.110. The lowest BCUT2D eigenvalue weighted by Crippen LogP contribution is -2.33. The zero-order valence-corrected chi connectivity index (χ0v) is 18.6. The lowest BCUT2D eigenvalue weighted by atomic mass is 10.0. The molecule has 2 N–H and O–H groups in total. The molecule has 6 heteroatoms. The van der Waals surface area contributed by atoms with E-state index in [4.69, 9.17) is 9.47 Å². The van der Waals surface area contributed by atoms with Crippen LogP contribution < -0.4 is 15.4 Å². The number of nitrogens with one attached hydrogen (secondary N) is 2. The molecule has 0 radical (unpaired) electrons. The minimum Gasteiger partial charge on any atom is -0.491 e. The Morgan fingerprint density at radius 2 is 1.60 bits per heavy atom. The summed E-state index contributed by atoms with van der Waals surface area (Å²) in [6.45, 7) is 11.5. The number of carbonyl (C=O) groups is 2. The molecule has 0 saturated heterocycles. The molecule has 0 aliphatic carbocycles. The Morgan fingerprint density at radius 3 is 2.20 bits per heavy atom. The first-order chi connectivity index (χ1) is 14.0. The first kappa shape index (κ1) is 23.3. The van der Waals surface area contributed by atoms with E-state index in [1.807, 2.05) is 57.2 Å². The van der Waals surface area contributed by atoms with Gasteiger partial charge in [0.05, 0.1) is 12.1 Å². The van der Waals surface area contributed by atoms with E-state index in [2.05, 4.69) is 10.6 Å². The summed E-state index contributed by atoms with van der Waals surface area (Å²) in [5.41, 5.74) is 1.63. The number of benzene rings is 2. The van der Waals surface area contributed by atoms with Gasteiger partial charge in [0, 0.05) is 12.1 Å². The van der Waals surface area contributed by atoms with E-state index < -0.39 is 11.7 Å². The van der Waals surface area contributed by atoms with Gasteiger partial charge in [0.15, 0.2) is 0 Å². The summed E-state index contributed by atoms with van der Waals surface area (Å²) in [6, 6.07) is 14.7. The van der Waals surface area contributed by atoms with Crippen LogP contribution in [0.1, 0.15) is 69.1 Å². The van der Waals surface area contributed by atoms with Crippen molar-refractivity contribution in [3.8, 4) is 5.75 Å². The van der Waals surface area contributed by atoms with Gasteiger partial charge in [-0.05, 0) is 70.9 Å². The van der Waals surface area contributed by atoms with Crippen LogP contribution >= 0.6 is 0 Å². The molecule has 0 aliphatic rings. The van der Waals surface area contributed by atoms with Crippen molar-refractivity contribution in [1.29, 1.82) is 0 Å². The Balaban J connectivity index is 2.02. The van der Waals surface area contributed by atoms with Gasteiger partial charge in [0.1, 0.15) is 11.4 Å². The predicted octanol–water partition coefficient (Wildman–Crippen LogP) is 4.99. The van der Waals surface area contributed by atoms with Crippen molar-refractivity contribution in [2.75, 3.05) is 0 Å². The normalized spacial score (nSPS) is 12.2. The maximum atomic E-state index is 12.9. The third-order valence-corrected chi connectivity index (χ3v) is 4.18. The molecule has 0 saturated carbocycles.